The molecule has 1 aliphatic heterocycles. The van der Waals surface area contributed by atoms with Crippen LogP contribution in [0.5, 0.6) is 0 Å². The summed E-state index contributed by atoms with van der Waals surface area (Å²) in [6.07, 6.45) is 0.568. The van der Waals surface area contributed by atoms with Crippen molar-refractivity contribution in [3.05, 3.63) is 59.9 Å². The average molecular weight is 420 g/mol. The van der Waals surface area contributed by atoms with Gasteiger partial charge in [0.05, 0.1) is 10.5 Å². The van der Waals surface area contributed by atoms with E-state index in [9.17, 15) is 22.4 Å². The molecule has 0 unspecified atom stereocenters. The third-order valence-corrected chi connectivity index (χ3v) is 6.45. The van der Waals surface area contributed by atoms with Crippen LogP contribution >= 0.6 is 0 Å². The van der Waals surface area contributed by atoms with Crippen LogP contribution in [0.3, 0.4) is 0 Å². The van der Waals surface area contributed by atoms with Crippen molar-refractivity contribution in [3.63, 3.8) is 0 Å². The number of amides is 1. The molecular weight excluding hydrogens is 399 g/mol. The quantitative estimate of drug-likeness (QED) is 0.726. The maximum atomic E-state index is 13.2. The number of hydrogen-bond acceptors (Lipinski definition) is 5. The molecule has 1 heterocycles. The highest BCUT2D eigenvalue weighted by Gasteiger charge is 2.27. The number of sulfonamides is 1. The summed E-state index contributed by atoms with van der Waals surface area (Å²) in [6.45, 7) is 2.41. The second kappa shape index (κ2) is 8.71. The molecule has 1 atom stereocenters. The molecule has 2 aromatic rings. The highest BCUT2D eigenvalue weighted by atomic mass is 32.2. The lowest BCUT2D eigenvalue weighted by Crippen LogP contribution is -2.30. The molecule has 0 bridgehead atoms. The third-order valence-electron chi connectivity index (χ3n) is 4.54. The largest absolute Gasteiger partial charge is 0.449 e. The van der Waals surface area contributed by atoms with Crippen molar-refractivity contribution >= 4 is 27.6 Å². The average Bonchev–Trinajstić information content (AvgIpc) is 3.24. The summed E-state index contributed by atoms with van der Waals surface area (Å²) in [5.41, 5.74) is 0.366. The predicted octanol–water partition coefficient (Wildman–Crippen LogP) is 2.79. The first-order chi connectivity index (χ1) is 13.8. The number of carbonyl (C=O) groups is 2. The number of rotatable bonds is 6. The van der Waals surface area contributed by atoms with Gasteiger partial charge in [0.2, 0.25) is 10.0 Å². The first-order valence-corrected chi connectivity index (χ1v) is 10.6. The maximum Gasteiger partial charge on any atom is 0.339 e. The summed E-state index contributed by atoms with van der Waals surface area (Å²) < 4.78 is 44.7. The number of nitrogens with one attached hydrogen (secondary N) is 1. The first-order valence-electron chi connectivity index (χ1n) is 9.15. The number of carbonyl (C=O) groups excluding carboxylic acids is 2. The number of esters is 1. The number of anilines is 1. The van der Waals surface area contributed by atoms with Crippen molar-refractivity contribution < 1.29 is 27.1 Å². The second-order valence-electron chi connectivity index (χ2n) is 6.68. The Morgan fingerprint density at radius 3 is 2.38 bits per heavy atom. The van der Waals surface area contributed by atoms with E-state index in [4.69, 9.17) is 4.74 Å². The van der Waals surface area contributed by atoms with Crippen molar-refractivity contribution in [1.29, 1.82) is 0 Å². The number of ether oxygens (including phenoxy) is 1. The molecule has 29 heavy (non-hydrogen) atoms. The predicted molar refractivity (Wildman–Crippen MR) is 104 cm³/mol. The molecule has 1 N–H and O–H groups in total. The van der Waals surface area contributed by atoms with Gasteiger partial charge in [0.25, 0.3) is 5.91 Å². The standard InChI is InChI=1S/C20H21FN2O5S/c1-14(28-20(25)15-5-4-6-16(21)13-15)19(24)22-17-7-9-18(10-8-17)29(26,27)23-11-2-3-12-23/h4-10,13-14H,2-3,11-12H2,1H3,(H,22,24)/t14-/m0/s1. The van der Waals surface area contributed by atoms with Gasteiger partial charge < -0.3 is 10.1 Å². The van der Waals surface area contributed by atoms with Gasteiger partial charge in [-0.25, -0.2) is 17.6 Å². The Bertz CT molecular complexity index is 1000. The molecule has 7 nitrogen and oxygen atoms in total. The fourth-order valence-electron chi connectivity index (χ4n) is 2.93. The van der Waals surface area contributed by atoms with Crippen molar-refractivity contribution in [1.82, 2.24) is 4.31 Å². The van der Waals surface area contributed by atoms with Crippen molar-refractivity contribution in [2.45, 2.75) is 30.8 Å². The zero-order chi connectivity index (χ0) is 21.0. The van der Waals surface area contributed by atoms with Gasteiger partial charge in [-0.3, -0.25) is 4.79 Å². The van der Waals surface area contributed by atoms with Gasteiger partial charge in [0.1, 0.15) is 5.82 Å². The van der Waals surface area contributed by atoms with E-state index in [-0.39, 0.29) is 10.5 Å². The van der Waals surface area contributed by atoms with E-state index in [2.05, 4.69) is 5.32 Å². The summed E-state index contributed by atoms with van der Waals surface area (Å²) >= 11 is 0. The minimum atomic E-state index is -3.53. The zero-order valence-corrected chi connectivity index (χ0v) is 16.6. The molecule has 0 spiro atoms. The molecule has 3 rings (SSSR count). The summed E-state index contributed by atoms with van der Waals surface area (Å²) in [4.78, 5) is 24.4. The topological polar surface area (TPSA) is 92.8 Å². The van der Waals surface area contributed by atoms with E-state index in [0.717, 1.165) is 18.9 Å². The van der Waals surface area contributed by atoms with Crippen LogP contribution in [-0.2, 0) is 19.6 Å². The number of halogens is 1. The van der Waals surface area contributed by atoms with E-state index in [1.165, 1.54) is 53.7 Å². The molecule has 9 heteroatoms. The Hall–Kier alpha value is -2.78. The number of benzene rings is 2. The minimum absolute atomic E-state index is 0.00104. The number of nitrogens with zero attached hydrogens (tertiary/aromatic N) is 1. The SMILES string of the molecule is C[C@H](OC(=O)c1cccc(F)c1)C(=O)Nc1ccc(S(=O)(=O)N2CCCC2)cc1. The molecule has 0 saturated carbocycles. The summed E-state index contributed by atoms with van der Waals surface area (Å²) in [5.74, 6) is -2.00. The van der Waals surface area contributed by atoms with Crippen LogP contribution in [0.1, 0.15) is 30.1 Å². The van der Waals surface area contributed by atoms with Gasteiger partial charge in [-0.05, 0) is 62.2 Å². The zero-order valence-electron chi connectivity index (χ0n) is 15.8. The van der Waals surface area contributed by atoms with Crippen LogP contribution in [0.2, 0.25) is 0 Å². The van der Waals surface area contributed by atoms with E-state index in [1.807, 2.05) is 0 Å². The molecular formula is C20H21FN2O5S. The molecule has 1 amide bonds. The normalized spacial score (nSPS) is 15.7. The lowest BCUT2D eigenvalue weighted by molar-refractivity contribution is -0.123. The molecule has 1 saturated heterocycles. The minimum Gasteiger partial charge on any atom is -0.449 e. The van der Waals surface area contributed by atoms with Gasteiger partial charge >= 0.3 is 5.97 Å². The van der Waals surface area contributed by atoms with Gasteiger partial charge in [0.15, 0.2) is 6.10 Å². The molecule has 1 aliphatic rings. The summed E-state index contributed by atoms with van der Waals surface area (Å²) in [6, 6.07) is 10.8. The third kappa shape index (κ3) is 4.99. The fourth-order valence-corrected chi connectivity index (χ4v) is 4.45. The molecule has 0 radical (unpaired) electrons. The van der Waals surface area contributed by atoms with Gasteiger partial charge in [-0.1, -0.05) is 6.07 Å². The second-order valence-corrected chi connectivity index (χ2v) is 8.62. The molecule has 2 aromatic carbocycles. The van der Waals surface area contributed by atoms with Crippen LogP contribution in [0.15, 0.2) is 53.4 Å². The number of hydrogen-bond donors (Lipinski definition) is 1. The summed E-state index contributed by atoms with van der Waals surface area (Å²) in [5, 5.41) is 2.56. The Labute approximate surface area is 168 Å². The molecule has 0 aliphatic carbocycles. The lowest BCUT2D eigenvalue weighted by atomic mass is 10.2. The van der Waals surface area contributed by atoms with Crippen LogP contribution in [0.25, 0.3) is 0 Å². The van der Waals surface area contributed by atoms with Crippen LogP contribution in [0, 0.1) is 5.82 Å². The van der Waals surface area contributed by atoms with Crippen LogP contribution in [-0.4, -0.2) is 43.8 Å². The Morgan fingerprint density at radius 2 is 1.76 bits per heavy atom. The first kappa shape index (κ1) is 20.9. The summed E-state index contributed by atoms with van der Waals surface area (Å²) in [7, 11) is -3.53. The van der Waals surface area contributed by atoms with Crippen molar-refractivity contribution in [2.75, 3.05) is 18.4 Å². The van der Waals surface area contributed by atoms with Gasteiger partial charge in [-0.2, -0.15) is 4.31 Å². The van der Waals surface area contributed by atoms with Gasteiger partial charge in [-0.15, -0.1) is 0 Å². The molecule has 1 fully saturated rings. The maximum absolute atomic E-state index is 13.2. The smallest absolute Gasteiger partial charge is 0.339 e. The Kier molecular flexibility index (Phi) is 6.29. The monoisotopic (exact) mass is 420 g/mol. The highest BCUT2D eigenvalue weighted by Crippen LogP contribution is 2.22. The van der Waals surface area contributed by atoms with E-state index in [1.54, 1.807) is 0 Å². The van der Waals surface area contributed by atoms with Crippen molar-refractivity contribution in [3.8, 4) is 0 Å². The van der Waals surface area contributed by atoms with E-state index < -0.39 is 33.8 Å². The molecule has 0 aromatic heterocycles. The van der Waals surface area contributed by atoms with Crippen molar-refractivity contribution in [2.24, 2.45) is 0 Å². The van der Waals surface area contributed by atoms with E-state index >= 15 is 0 Å². The van der Waals surface area contributed by atoms with Gasteiger partial charge in [0, 0.05) is 18.8 Å². The Balaban J connectivity index is 1.60. The Morgan fingerprint density at radius 1 is 1.10 bits per heavy atom. The van der Waals surface area contributed by atoms with E-state index in [0.29, 0.717) is 18.8 Å². The lowest BCUT2D eigenvalue weighted by Gasteiger charge is -2.16. The van der Waals surface area contributed by atoms with Crippen LogP contribution < -0.4 is 5.32 Å². The molecule has 154 valence electrons. The highest BCUT2D eigenvalue weighted by molar-refractivity contribution is 7.89. The van der Waals surface area contributed by atoms with Crippen LogP contribution in [0.4, 0.5) is 10.1 Å². The fraction of sp³-hybridized carbons (Fsp3) is 0.300.